The molecule has 42 heavy (non-hydrogen) atoms. The Balaban J connectivity index is 4.19. The molecule has 0 rings (SSSR count). The van der Waals surface area contributed by atoms with Crippen LogP contribution in [0.3, 0.4) is 0 Å². The van der Waals surface area contributed by atoms with Crippen molar-refractivity contribution in [3.63, 3.8) is 0 Å². The van der Waals surface area contributed by atoms with Gasteiger partial charge in [-0.1, -0.05) is 247 Å². The standard InChI is InChI=1S/C42H86/c1-7-11-15-19-24-29-35-41(34-28-17-13-9-3)36-30-25-22-21-23-27-33-39(5)40(6)42(37-31-18-14-10-4)38-32-26-20-16-12-8-2/h39-42H,7-38H2,1-6H3. The van der Waals surface area contributed by atoms with Gasteiger partial charge in [0.1, 0.15) is 0 Å². The zero-order chi connectivity index (χ0) is 30.9. The predicted molar refractivity (Wildman–Crippen MR) is 196 cm³/mol. The van der Waals surface area contributed by atoms with E-state index in [1.54, 1.807) is 0 Å². The fourth-order valence-electron chi connectivity index (χ4n) is 7.53. The van der Waals surface area contributed by atoms with Gasteiger partial charge in [0.25, 0.3) is 0 Å². The smallest absolute Gasteiger partial charge is 0.0386 e. The Kier molecular flexibility index (Phi) is 33.9. The van der Waals surface area contributed by atoms with Gasteiger partial charge in [0, 0.05) is 0 Å². The lowest BCUT2D eigenvalue weighted by Gasteiger charge is -2.29. The molecule has 0 aromatic heterocycles. The van der Waals surface area contributed by atoms with Crippen molar-refractivity contribution >= 4 is 0 Å². The van der Waals surface area contributed by atoms with E-state index in [4.69, 9.17) is 0 Å². The molecule has 0 saturated heterocycles. The molecule has 0 bridgehead atoms. The van der Waals surface area contributed by atoms with Gasteiger partial charge in [0.2, 0.25) is 0 Å². The van der Waals surface area contributed by atoms with Crippen molar-refractivity contribution in [3.8, 4) is 0 Å². The summed E-state index contributed by atoms with van der Waals surface area (Å²) in [5.41, 5.74) is 0. The first-order valence-electron chi connectivity index (χ1n) is 20.6. The van der Waals surface area contributed by atoms with Gasteiger partial charge in [0.05, 0.1) is 0 Å². The van der Waals surface area contributed by atoms with Crippen molar-refractivity contribution in [2.45, 2.75) is 247 Å². The Hall–Kier alpha value is 0. The lowest BCUT2D eigenvalue weighted by Crippen LogP contribution is -2.19. The van der Waals surface area contributed by atoms with Gasteiger partial charge in [-0.05, 0) is 23.7 Å². The van der Waals surface area contributed by atoms with Crippen LogP contribution >= 0.6 is 0 Å². The highest BCUT2D eigenvalue weighted by Gasteiger charge is 2.22. The molecule has 0 fully saturated rings. The van der Waals surface area contributed by atoms with Crippen LogP contribution in [0.2, 0.25) is 0 Å². The van der Waals surface area contributed by atoms with Gasteiger partial charge in [-0.25, -0.2) is 0 Å². The summed E-state index contributed by atoms with van der Waals surface area (Å²) in [6.07, 6.45) is 46.9. The molecule has 0 aliphatic rings. The van der Waals surface area contributed by atoms with Gasteiger partial charge < -0.3 is 0 Å². The Bertz CT molecular complexity index is 480. The van der Waals surface area contributed by atoms with E-state index < -0.39 is 0 Å². The van der Waals surface area contributed by atoms with Crippen LogP contribution in [0, 0.1) is 23.7 Å². The highest BCUT2D eigenvalue weighted by molar-refractivity contribution is 4.73. The SMILES string of the molecule is CCCCCCCCC(CCCCCC)CCCCCCCCC(C)C(C)C(CCCCCC)CCCCCCCC. The van der Waals surface area contributed by atoms with Crippen LogP contribution in [0.1, 0.15) is 247 Å². The zero-order valence-corrected chi connectivity index (χ0v) is 30.9. The number of hydrogen-bond donors (Lipinski definition) is 0. The highest BCUT2D eigenvalue weighted by atomic mass is 14.3. The third-order valence-electron chi connectivity index (χ3n) is 11.0. The average Bonchev–Trinajstić information content (AvgIpc) is 3.00. The molecule has 0 spiro atoms. The summed E-state index contributed by atoms with van der Waals surface area (Å²) < 4.78 is 0. The zero-order valence-electron chi connectivity index (χ0n) is 30.9. The Morgan fingerprint density at radius 3 is 0.905 bits per heavy atom. The second-order valence-electron chi connectivity index (χ2n) is 15.0. The van der Waals surface area contributed by atoms with Crippen LogP contribution in [0.4, 0.5) is 0 Å². The van der Waals surface area contributed by atoms with Gasteiger partial charge >= 0.3 is 0 Å². The van der Waals surface area contributed by atoms with Crippen molar-refractivity contribution in [2.75, 3.05) is 0 Å². The Labute approximate surface area is 270 Å². The lowest BCUT2D eigenvalue weighted by atomic mass is 9.76. The Morgan fingerprint density at radius 1 is 0.286 bits per heavy atom. The minimum absolute atomic E-state index is 0.914. The monoisotopic (exact) mass is 591 g/mol. The Morgan fingerprint density at radius 2 is 0.548 bits per heavy atom. The van der Waals surface area contributed by atoms with Crippen molar-refractivity contribution in [1.82, 2.24) is 0 Å². The van der Waals surface area contributed by atoms with E-state index in [0.29, 0.717) is 0 Å². The van der Waals surface area contributed by atoms with Crippen molar-refractivity contribution in [2.24, 2.45) is 23.7 Å². The van der Waals surface area contributed by atoms with E-state index in [1.807, 2.05) is 0 Å². The van der Waals surface area contributed by atoms with E-state index in [-0.39, 0.29) is 0 Å². The highest BCUT2D eigenvalue weighted by Crippen LogP contribution is 2.33. The van der Waals surface area contributed by atoms with Crippen LogP contribution in [0.25, 0.3) is 0 Å². The van der Waals surface area contributed by atoms with Crippen LogP contribution < -0.4 is 0 Å². The molecular weight excluding hydrogens is 504 g/mol. The summed E-state index contributed by atoms with van der Waals surface area (Å²) in [6, 6.07) is 0. The summed E-state index contributed by atoms with van der Waals surface area (Å²) in [7, 11) is 0. The topological polar surface area (TPSA) is 0 Å². The molecule has 0 saturated carbocycles. The molecule has 0 N–H and O–H groups in total. The maximum absolute atomic E-state index is 2.62. The maximum atomic E-state index is 2.62. The number of hydrogen-bond acceptors (Lipinski definition) is 0. The predicted octanol–water partition coefficient (Wildman–Crippen LogP) is 16.1. The van der Waals surface area contributed by atoms with E-state index in [0.717, 1.165) is 23.7 Å². The lowest BCUT2D eigenvalue weighted by molar-refractivity contribution is 0.212. The van der Waals surface area contributed by atoms with E-state index in [9.17, 15) is 0 Å². The first-order valence-corrected chi connectivity index (χ1v) is 20.6. The van der Waals surface area contributed by atoms with Crippen LogP contribution in [-0.2, 0) is 0 Å². The van der Waals surface area contributed by atoms with Gasteiger partial charge in [0.15, 0.2) is 0 Å². The minimum Gasteiger partial charge on any atom is -0.0654 e. The first-order chi connectivity index (χ1) is 20.6. The van der Waals surface area contributed by atoms with Crippen LogP contribution in [0.5, 0.6) is 0 Å². The average molecular weight is 591 g/mol. The summed E-state index contributed by atoms with van der Waals surface area (Å²) in [5.74, 6) is 3.84. The molecule has 0 nitrogen and oxygen atoms in total. The maximum Gasteiger partial charge on any atom is -0.0386 e. The van der Waals surface area contributed by atoms with E-state index in [2.05, 4.69) is 41.5 Å². The third kappa shape index (κ3) is 27.5. The molecule has 4 unspecified atom stereocenters. The fraction of sp³-hybridized carbons (Fsp3) is 1.00. The molecule has 0 amide bonds. The fourth-order valence-corrected chi connectivity index (χ4v) is 7.53. The summed E-state index contributed by atoms with van der Waals surface area (Å²) >= 11 is 0. The molecule has 0 heterocycles. The molecule has 4 atom stereocenters. The van der Waals surface area contributed by atoms with Gasteiger partial charge in [-0.3, -0.25) is 0 Å². The van der Waals surface area contributed by atoms with Crippen molar-refractivity contribution in [3.05, 3.63) is 0 Å². The molecule has 0 aliphatic carbocycles. The molecule has 0 radical (unpaired) electrons. The largest absolute Gasteiger partial charge is 0.0654 e. The molecule has 0 aromatic rings. The summed E-state index contributed by atoms with van der Waals surface area (Å²) in [5, 5.41) is 0. The van der Waals surface area contributed by atoms with Crippen molar-refractivity contribution in [1.29, 1.82) is 0 Å². The summed E-state index contributed by atoms with van der Waals surface area (Å²) in [4.78, 5) is 0. The molecule has 0 aromatic carbocycles. The number of unbranched alkanes of at least 4 members (excludes halogenated alkanes) is 21. The normalized spacial score (nSPS) is 14.7. The molecule has 254 valence electrons. The van der Waals surface area contributed by atoms with Crippen LogP contribution in [0.15, 0.2) is 0 Å². The number of rotatable bonds is 35. The van der Waals surface area contributed by atoms with Crippen molar-refractivity contribution < 1.29 is 0 Å². The third-order valence-corrected chi connectivity index (χ3v) is 11.0. The second-order valence-corrected chi connectivity index (χ2v) is 15.0. The first kappa shape index (κ1) is 42.0. The van der Waals surface area contributed by atoms with E-state index in [1.165, 1.54) is 205 Å². The van der Waals surface area contributed by atoms with E-state index >= 15 is 0 Å². The van der Waals surface area contributed by atoms with Gasteiger partial charge in [-0.15, -0.1) is 0 Å². The second kappa shape index (κ2) is 33.9. The van der Waals surface area contributed by atoms with Gasteiger partial charge in [-0.2, -0.15) is 0 Å². The quantitative estimate of drug-likeness (QED) is 0.0644. The molecular formula is C42H86. The summed E-state index contributed by atoms with van der Waals surface area (Å²) in [6.45, 7) is 14.6. The molecule has 0 aliphatic heterocycles. The molecule has 0 heteroatoms. The van der Waals surface area contributed by atoms with Crippen LogP contribution in [-0.4, -0.2) is 0 Å². The minimum atomic E-state index is 0.914.